The summed E-state index contributed by atoms with van der Waals surface area (Å²) < 4.78 is 8.85. The third kappa shape index (κ3) is 3.81. The van der Waals surface area contributed by atoms with Gasteiger partial charge in [-0.1, -0.05) is 47.0 Å². The summed E-state index contributed by atoms with van der Waals surface area (Å²) in [6.07, 6.45) is 0. The van der Waals surface area contributed by atoms with Crippen LogP contribution in [0.5, 0.6) is 0 Å². The maximum atomic E-state index is 6.03. The molecule has 0 aromatic heterocycles. The predicted molar refractivity (Wildman–Crippen MR) is 121 cm³/mol. The number of hydrogen-bond donors (Lipinski definition) is 0. The fourth-order valence-electron chi connectivity index (χ4n) is 1.89. The van der Waals surface area contributed by atoms with Crippen LogP contribution in [-0.4, -0.2) is 33.8 Å². The number of thioether (sulfide) groups is 8. The first-order valence-electron chi connectivity index (χ1n) is 6.42. The van der Waals surface area contributed by atoms with E-state index in [-0.39, 0.29) is 0 Å². The normalized spacial score (nSPS) is 35.2. The fourth-order valence-corrected chi connectivity index (χ4v) is 15.4. The van der Waals surface area contributed by atoms with Crippen molar-refractivity contribution in [2.45, 2.75) is 10.5 Å². The van der Waals surface area contributed by atoms with E-state index in [0.29, 0.717) is 10.5 Å². The lowest BCUT2D eigenvalue weighted by Gasteiger charge is -2.18. The van der Waals surface area contributed by atoms with Gasteiger partial charge in [-0.2, -0.15) is 0 Å². The molecule has 4 aliphatic heterocycles. The summed E-state index contributed by atoms with van der Waals surface area (Å²) in [5.74, 6) is 3.78. The van der Waals surface area contributed by atoms with Gasteiger partial charge in [-0.25, -0.2) is 0 Å². The maximum absolute atomic E-state index is 6.03. The van der Waals surface area contributed by atoms with Crippen LogP contribution in [0.25, 0.3) is 0 Å². The Morgan fingerprint density at radius 2 is 1.05 bits per heavy atom. The van der Waals surface area contributed by atoms with Gasteiger partial charge >= 0.3 is 0 Å². The summed E-state index contributed by atoms with van der Waals surface area (Å²) in [6, 6.07) is 0. The van der Waals surface area contributed by atoms with E-state index in [1.807, 2.05) is 94.1 Å². The molecule has 2 unspecified atom stereocenters. The van der Waals surface area contributed by atoms with Crippen LogP contribution in [0.2, 0.25) is 0 Å². The lowest BCUT2D eigenvalue weighted by Crippen LogP contribution is -2.10. The van der Waals surface area contributed by atoms with E-state index in [1.54, 1.807) is 0 Å². The standard InChI is InChI=1S/C12H10Cl2S8/c13-1-5-3-15-7-9(17-5)21-11(19-7)12-20-8-10(22-12)18-6(2-14)4-16-8/h5-6H,1-4H2/b12-11+. The molecule has 4 aliphatic rings. The van der Waals surface area contributed by atoms with E-state index < -0.39 is 0 Å². The lowest BCUT2D eigenvalue weighted by atomic mass is 10.5. The molecule has 2 atom stereocenters. The number of halogens is 2. The molecule has 0 saturated carbocycles. The molecular formula is C12H10Cl2S8. The second-order valence-electron chi connectivity index (χ2n) is 4.54. The molecule has 4 heterocycles. The highest BCUT2D eigenvalue weighted by Crippen LogP contribution is 2.68. The Balaban J connectivity index is 1.46. The van der Waals surface area contributed by atoms with Crippen molar-refractivity contribution in [3.8, 4) is 0 Å². The Bertz CT molecular complexity index is 534. The Morgan fingerprint density at radius 1 is 0.636 bits per heavy atom. The van der Waals surface area contributed by atoms with Crippen molar-refractivity contribution >= 4 is 117 Å². The highest BCUT2D eigenvalue weighted by Gasteiger charge is 2.35. The van der Waals surface area contributed by atoms with E-state index in [1.165, 1.54) is 25.4 Å². The van der Waals surface area contributed by atoms with Gasteiger partial charge in [-0.05, 0) is 0 Å². The van der Waals surface area contributed by atoms with Gasteiger partial charge in [-0.15, -0.1) is 70.2 Å². The first-order valence-corrected chi connectivity index (χ1v) is 14.5. The summed E-state index contributed by atoms with van der Waals surface area (Å²) in [4.78, 5) is 0. The average Bonchev–Trinajstić information content (AvgIpc) is 3.16. The smallest absolute Gasteiger partial charge is 0.0717 e. The van der Waals surface area contributed by atoms with Gasteiger partial charge in [0.05, 0.1) is 25.4 Å². The van der Waals surface area contributed by atoms with Crippen LogP contribution in [0.1, 0.15) is 0 Å². The van der Waals surface area contributed by atoms with E-state index in [9.17, 15) is 0 Å². The van der Waals surface area contributed by atoms with Crippen LogP contribution >= 0.6 is 117 Å². The van der Waals surface area contributed by atoms with Crippen molar-refractivity contribution in [3.05, 3.63) is 25.4 Å². The summed E-state index contributed by atoms with van der Waals surface area (Å²) in [5, 5.41) is 1.13. The van der Waals surface area contributed by atoms with Crippen LogP contribution in [-0.2, 0) is 0 Å². The zero-order valence-electron chi connectivity index (χ0n) is 11.0. The van der Waals surface area contributed by atoms with E-state index >= 15 is 0 Å². The highest BCUT2D eigenvalue weighted by atomic mass is 35.5. The lowest BCUT2D eigenvalue weighted by molar-refractivity contribution is 1.15. The van der Waals surface area contributed by atoms with Gasteiger partial charge in [0, 0.05) is 33.8 Å². The van der Waals surface area contributed by atoms with Gasteiger partial charge in [0.2, 0.25) is 0 Å². The molecule has 0 aromatic carbocycles. The topological polar surface area (TPSA) is 0 Å². The molecule has 10 heteroatoms. The second kappa shape index (κ2) is 8.09. The minimum Gasteiger partial charge on any atom is -0.125 e. The molecule has 4 rings (SSSR count). The Kier molecular flexibility index (Phi) is 6.61. The molecule has 22 heavy (non-hydrogen) atoms. The number of alkyl halides is 2. The molecule has 120 valence electrons. The highest BCUT2D eigenvalue weighted by molar-refractivity contribution is 8.45. The van der Waals surface area contributed by atoms with Gasteiger partial charge < -0.3 is 0 Å². The zero-order chi connectivity index (χ0) is 15.1. The Labute approximate surface area is 174 Å². The first kappa shape index (κ1) is 18.0. The summed E-state index contributed by atoms with van der Waals surface area (Å²) in [5.41, 5.74) is 0. The van der Waals surface area contributed by atoms with Gasteiger partial charge in [0.25, 0.3) is 0 Å². The van der Waals surface area contributed by atoms with Crippen molar-refractivity contribution in [1.82, 2.24) is 0 Å². The van der Waals surface area contributed by atoms with E-state index in [0.717, 1.165) is 23.3 Å². The summed E-state index contributed by atoms with van der Waals surface area (Å²) in [7, 11) is 0. The monoisotopic (exact) mass is 480 g/mol. The van der Waals surface area contributed by atoms with Crippen LogP contribution < -0.4 is 0 Å². The quantitative estimate of drug-likeness (QED) is 0.367. The third-order valence-corrected chi connectivity index (χ3v) is 16.7. The van der Waals surface area contributed by atoms with Crippen LogP contribution in [0.15, 0.2) is 25.4 Å². The van der Waals surface area contributed by atoms with Crippen molar-refractivity contribution in [2.75, 3.05) is 23.3 Å². The molecule has 0 bridgehead atoms. The van der Waals surface area contributed by atoms with Crippen molar-refractivity contribution in [2.24, 2.45) is 0 Å². The average molecular weight is 482 g/mol. The molecular weight excluding hydrogens is 472 g/mol. The molecule has 0 saturated heterocycles. The minimum absolute atomic E-state index is 0.564. The van der Waals surface area contributed by atoms with Crippen molar-refractivity contribution < 1.29 is 0 Å². The van der Waals surface area contributed by atoms with Crippen molar-refractivity contribution in [3.63, 3.8) is 0 Å². The number of hydrogen-bond acceptors (Lipinski definition) is 8. The fraction of sp³-hybridized carbons (Fsp3) is 0.500. The van der Waals surface area contributed by atoms with Gasteiger partial charge in [-0.3, -0.25) is 0 Å². The Morgan fingerprint density at radius 3 is 1.45 bits per heavy atom. The van der Waals surface area contributed by atoms with E-state index in [2.05, 4.69) is 0 Å². The summed E-state index contributed by atoms with van der Waals surface area (Å²) in [6.45, 7) is 0. The molecule has 0 N–H and O–H groups in total. The third-order valence-electron chi connectivity index (χ3n) is 2.93. The molecule has 0 nitrogen and oxygen atoms in total. The van der Waals surface area contributed by atoms with E-state index in [4.69, 9.17) is 23.2 Å². The molecule has 0 amide bonds. The SMILES string of the molecule is ClCC1CSC2=C(S/C(=C3\SC4=C(S3)SC(CCl)CS4)S2)S1. The van der Waals surface area contributed by atoms with Crippen LogP contribution in [0.4, 0.5) is 0 Å². The molecule has 0 radical (unpaired) electrons. The predicted octanol–water partition coefficient (Wildman–Crippen LogP) is 7.50. The number of rotatable bonds is 2. The summed E-state index contributed by atoms with van der Waals surface area (Å²) >= 11 is 27.8. The largest absolute Gasteiger partial charge is 0.125 e. The Hall–Kier alpha value is 2.60. The minimum atomic E-state index is 0.564. The maximum Gasteiger partial charge on any atom is 0.0717 e. The molecule has 0 aromatic rings. The molecule has 0 fully saturated rings. The second-order valence-corrected chi connectivity index (χ2v) is 15.5. The molecule has 0 spiro atoms. The zero-order valence-corrected chi connectivity index (χ0v) is 19.0. The van der Waals surface area contributed by atoms with Gasteiger partial charge in [0.1, 0.15) is 0 Å². The van der Waals surface area contributed by atoms with Crippen LogP contribution in [0.3, 0.4) is 0 Å². The van der Waals surface area contributed by atoms with Crippen LogP contribution in [0, 0.1) is 0 Å². The first-order chi connectivity index (χ1) is 10.8. The van der Waals surface area contributed by atoms with Gasteiger partial charge in [0.15, 0.2) is 0 Å². The van der Waals surface area contributed by atoms with Crippen molar-refractivity contribution in [1.29, 1.82) is 0 Å². The molecule has 0 aliphatic carbocycles.